The number of sulfone groups is 1. The molecule has 5 N–H and O–H groups in total. The van der Waals surface area contributed by atoms with Gasteiger partial charge in [0.1, 0.15) is 6.10 Å². The van der Waals surface area contributed by atoms with Crippen molar-refractivity contribution in [2.24, 2.45) is 11.5 Å². The highest BCUT2D eigenvalue weighted by atomic mass is 32.2. The van der Waals surface area contributed by atoms with Gasteiger partial charge in [0, 0.05) is 13.1 Å². The van der Waals surface area contributed by atoms with Gasteiger partial charge >= 0.3 is 6.09 Å². The molecule has 0 aliphatic carbocycles. The van der Waals surface area contributed by atoms with Gasteiger partial charge in [-0.05, 0) is 37.9 Å². The van der Waals surface area contributed by atoms with Crippen LogP contribution in [0.1, 0.15) is 25.7 Å². The standard InChI is InChI=1S/C22H39N3O7S/c23-10-6-2-3-7-20(19-33(27,28)21-8-4-1-5-9-21)32-22(26)25-12-14-30-16-18-31-17-15-29-13-11-24/h1,4-5,8-9,20H,2-3,6-7,10-19,23-24H2,(H,25,26). The summed E-state index contributed by atoms with van der Waals surface area (Å²) in [4.78, 5) is 12.4. The van der Waals surface area contributed by atoms with Crippen LogP contribution in [0.2, 0.25) is 0 Å². The van der Waals surface area contributed by atoms with E-state index in [1.807, 2.05) is 0 Å². The molecule has 1 aromatic carbocycles. The maximum absolute atomic E-state index is 12.7. The highest BCUT2D eigenvalue weighted by Gasteiger charge is 2.24. The minimum Gasteiger partial charge on any atom is -0.445 e. The maximum atomic E-state index is 12.7. The summed E-state index contributed by atoms with van der Waals surface area (Å²) in [6, 6.07) is 8.15. The molecule has 190 valence electrons. The van der Waals surface area contributed by atoms with E-state index in [1.54, 1.807) is 18.2 Å². The fourth-order valence-corrected chi connectivity index (χ4v) is 4.37. The molecule has 1 rings (SSSR count). The van der Waals surface area contributed by atoms with Crippen LogP contribution in [0, 0.1) is 0 Å². The lowest BCUT2D eigenvalue weighted by Crippen LogP contribution is -2.34. The fourth-order valence-electron chi connectivity index (χ4n) is 2.88. The van der Waals surface area contributed by atoms with Gasteiger partial charge in [-0.15, -0.1) is 0 Å². The first-order chi connectivity index (χ1) is 16.0. The number of carbonyl (C=O) groups is 1. The lowest BCUT2D eigenvalue weighted by atomic mass is 10.1. The largest absolute Gasteiger partial charge is 0.445 e. The Morgan fingerprint density at radius 1 is 0.848 bits per heavy atom. The van der Waals surface area contributed by atoms with E-state index in [-0.39, 0.29) is 23.8 Å². The van der Waals surface area contributed by atoms with Crippen LogP contribution in [-0.4, -0.2) is 85.6 Å². The molecule has 0 spiro atoms. The molecule has 10 nitrogen and oxygen atoms in total. The third-order valence-corrected chi connectivity index (χ3v) is 6.33. The zero-order valence-electron chi connectivity index (χ0n) is 19.3. The third kappa shape index (κ3) is 14.9. The molecular formula is C22H39N3O7S. The summed E-state index contributed by atoms with van der Waals surface area (Å²) in [5.74, 6) is -0.268. The lowest BCUT2D eigenvalue weighted by Gasteiger charge is -2.18. The van der Waals surface area contributed by atoms with Crippen LogP contribution in [0.5, 0.6) is 0 Å². The molecule has 0 fully saturated rings. The summed E-state index contributed by atoms with van der Waals surface area (Å²) >= 11 is 0. The first-order valence-corrected chi connectivity index (χ1v) is 13.0. The second kappa shape index (κ2) is 18.6. The molecule has 0 radical (unpaired) electrons. The molecule has 0 aliphatic rings. The van der Waals surface area contributed by atoms with E-state index in [0.717, 1.165) is 19.3 Å². The molecule has 1 amide bonds. The van der Waals surface area contributed by atoms with Gasteiger partial charge in [0.05, 0.1) is 50.3 Å². The molecular weight excluding hydrogens is 450 g/mol. The van der Waals surface area contributed by atoms with E-state index in [0.29, 0.717) is 52.5 Å². The van der Waals surface area contributed by atoms with Crippen molar-refractivity contribution in [3.05, 3.63) is 30.3 Å². The van der Waals surface area contributed by atoms with Crippen LogP contribution in [0.4, 0.5) is 4.79 Å². The zero-order valence-corrected chi connectivity index (χ0v) is 20.1. The molecule has 0 aliphatic heterocycles. The van der Waals surface area contributed by atoms with Crippen LogP contribution in [0.25, 0.3) is 0 Å². The second-order valence-electron chi connectivity index (χ2n) is 7.31. The first kappa shape index (κ1) is 29.3. The third-order valence-electron chi connectivity index (χ3n) is 4.53. The predicted molar refractivity (Wildman–Crippen MR) is 126 cm³/mol. The van der Waals surface area contributed by atoms with E-state index >= 15 is 0 Å². The summed E-state index contributed by atoms with van der Waals surface area (Å²) in [5, 5.41) is 2.59. The number of hydrogen-bond donors (Lipinski definition) is 3. The normalized spacial score (nSPS) is 12.4. The molecule has 33 heavy (non-hydrogen) atoms. The maximum Gasteiger partial charge on any atom is 0.407 e. The number of rotatable bonds is 20. The number of amides is 1. The van der Waals surface area contributed by atoms with Crippen LogP contribution >= 0.6 is 0 Å². The number of benzene rings is 1. The average molecular weight is 490 g/mol. The number of alkyl carbamates (subject to hydrolysis) is 1. The van der Waals surface area contributed by atoms with Gasteiger partial charge in [-0.25, -0.2) is 13.2 Å². The quantitative estimate of drug-likeness (QED) is 0.228. The number of carbonyl (C=O) groups excluding carboxylic acids is 1. The van der Waals surface area contributed by atoms with Crippen molar-refractivity contribution in [2.45, 2.75) is 36.7 Å². The van der Waals surface area contributed by atoms with Crippen molar-refractivity contribution in [1.82, 2.24) is 5.32 Å². The van der Waals surface area contributed by atoms with Crippen molar-refractivity contribution in [3.63, 3.8) is 0 Å². The Kier molecular flexibility index (Phi) is 16.5. The minimum atomic E-state index is -3.58. The molecule has 1 unspecified atom stereocenters. The van der Waals surface area contributed by atoms with Gasteiger partial charge < -0.3 is 35.7 Å². The Morgan fingerprint density at radius 3 is 2.12 bits per heavy atom. The Balaban J connectivity index is 2.33. The summed E-state index contributed by atoms with van der Waals surface area (Å²) in [5.41, 5.74) is 10.8. The highest BCUT2D eigenvalue weighted by molar-refractivity contribution is 7.91. The topological polar surface area (TPSA) is 152 Å². The summed E-state index contributed by atoms with van der Waals surface area (Å²) < 4.78 is 46.7. The smallest absolute Gasteiger partial charge is 0.407 e. The molecule has 0 aromatic heterocycles. The van der Waals surface area contributed by atoms with Crippen LogP contribution in [-0.2, 0) is 28.8 Å². The molecule has 1 atom stereocenters. The monoisotopic (exact) mass is 489 g/mol. The van der Waals surface area contributed by atoms with Crippen molar-refractivity contribution in [2.75, 3.05) is 65.0 Å². The van der Waals surface area contributed by atoms with Crippen LogP contribution < -0.4 is 16.8 Å². The van der Waals surface area contributed by atoms with Crippen molar-refractivity contribution >= 4 is 15.9 Å². The van der Waals surface area contributed by atoms with E-state index < -0.39 is 22.0 Å². The van der Waals surface area contributed by atoms with Gasteiger partial charge in [0.2, 0.25) is 0 Å². The molecule has 0 bridgehead atoms. The molecule has 0 heterocycles. The van der Waals surface area contributed by atoms with Gasteiger partial charge in [-0.2, -0.15) is 0 Å². The highest BCUT2D eigenvalue weighted by Crippen LogP contribution is 2.16. The summed E-state index contributed by atoms with van der Waals surface area (Å²) in [7, 11) is -3.58. The van der Waals surface area contributed by atoms with Gasteiger partial charge in [-0.1, -0.05) is 24.6 Å². The van der Waals surface area contributed by atoms with Gasteiger partial charge in [-0.3, -0.25) is 0 Å². The number of ether oxygens (including phenoxy) is 4. The van der Waals surface area contributed by atoms with E-state index in [9.17, 15) is 13.2 Å². The molecule has 1 aromatic rings. The van der Waals surface area contributed by atoms with E-state index in [2.05, 4.69) is 5.32 Å². The van der Waals surface area contributed by atoms with E-state index in [4.69, 9.17) is 30.4 Å². The van der Waals surface area contributed by atoms with Gasteiger partial charge in [0.25, 0.3) is 0 Å². The fraction of sp³-hybridized carbons (Fsp3) is 0.682. The number of nitrogens with two attached hydrogens (primary N) is 2. The summed E-state index contributed by atoms with van der Waals surface area (Å²) in [6.07, 6.45) is 1.44. The average Bonchev–Trinajstić information content (AvgIpc) is 2.80. The zero-order chi connectivity index (χ0) is 24.2. The predicted octanol–water partition coefficient (Wildman–Crippen LogP) is 1.08. The van der Waals surface area contributed by atoms with Crippen molar-refractivity contribution < 1.29 is 32.2 Å². The SMILES string of the molecule is NCCCCCC(CS(=O)(=O)c1ccccc1)OC(=O)NCCOCCOCCOCCN. The van der Waals surface area contributed by atoms with E-state index in [1.165, 1.54) is 12.1 Å². The van der Waals surface area contributed by atoms with Crippen LogP contribution in [0.3, 0.4) is 0 Å². The Bertz CT molecular complexity index is 720. The number of nitrogens with one attached hydrogen (secondary N) is 1. The van der Waals surface area contributed by atoms with Crippen LogP contribution in [0.15, 0.2) is 35.2 Å². The second-order valence-corrected chi connectivity index (χ2v) is 9.35. The number of unbranched alkanes of at least 4 members (excludes halogenated alkanes) is 2. The Hall–Kier alpha value is -1.76. The Morgan fingerprint density at radius 2 is 1.48 bits per heavy atom. The van der Waals surface area contributed by atoms with Gasteiger partial charge in [0.15, 0.2) is 9.84 Å². The number of hydrogen-bond acceptors (Lipinski definition) is 9. The Labute approximate surface area is 197 Å². The minimum absolute atomic E-state index is 0.211. The molecule has 0 saturated carbocycles. The first-order valence-electron chi connectivity index (χ1n) is 11.3. The lowest BCUT2D eigenvalue weighted by molar-refractivity contribution is 0.0162. The molecule has 0 saturated heterocycles. The van der Waals surface area contributed by atoms with Crippen molar-refractivity contribution in [3.8, 4) is 0 Å². The van der Waals surface area contributed by atoms with Crippen molar-refractivity contribution in [1.29, 1.82) is 0 Å². The molecule has 11 heteroatoms. The summed E-state index contributed by atoms with van der Waals surface area (Å²) in [6.45, 7) is 3.83.